The van der Waals surface area contributed by atoms with Gasteiger partial charge in [-0.2, -0.15) is 0 Å². The van der Waals surface area contributed by atoms with Crippen LogP contribution < -0.4 is 4.74 Å². The second kappa shape index (κ2) is 8.92. The molecule has 3 rings (SSSR count). The molecule has 1 fully saturated rings. The minimum atomic E-state index is -0.387. The Hall–Kier alpha value is -1.51. The van der Waals surface area contributed by atoms with Crippen molar-refractivity contribution in [1.82, 2.24) is 0 Å². The van der Waals surface area contributed by atoms with Gasteiger partial charge >= 0.3 is 5.97 Å². The van der Waals surface area contributed by atoms with E-state index in [0.717, 1.165) is 5.92 Å². The number of halogens is 2. The van der Waals surface area contributed by atoms with Crippen LogP contribution in [0.15, 0.2) is 42.5 Å². The molecule has 0 N–H and O–H groups in total. The van der Waals surface area contributed by atoms with E-state index in [0.29, 0.717) is 27.3 Å². The molecule has 0 spiro atoms. The summed E-state index contributed by atoms with van der Waals surface area (Å²) in [5, 5.41) is 0.801. The topological polar surface area (TPSA) is 26.3 Å². The molecule has 0 heterocycles. The van der Waals surface area contributed by atoms with E-state index in [4.69, 9.17) is 27.9 Å². The van der Waals surface area contributed by atoms with Crippen molar-refractivity contribution in [2.75, 3.05) is 0 Å². The second-order valence-corrected chi connectivity index (χ2v) is 7.91. The molecule has 1 aliphatic carbocycles. The first kappa shape index (κ1) is 19.3. The standard InChI is InChI=1S/C22H24Cl2O2/c1-2-3-15-4-6-16(7-5-15)17-8-10-18(11-9-17)22(25)26-19-12-13-20(23)21(24)14-19/h8-16H,2-7H2,1H3/t15-,16-. The van der Waals surface area contributed by atoms with Crippen LogP contribution in [-0.4, -0.2) is 5.97 Å². The summed E-state index contributed by atoms with van der Waals surface area (Å²) in [5.74, 6) is 1.52. The van der Waals surface area contributed by atoms with Crippen LogP contribution in [0.2, 0.25) is 10.0 Å². The van der Waals surface area contributed by atoms with Crippen LogP contribution in [0.5, 0.6) is 5.75 Å². The molecular weight excluding hydrogens is 367 g/mol. The van der Waals surface area contributed by atoms with Gasteiger partial charge in [-0.15, -0.1) is 0 Å². The lowest BCUT2D eigenvalue weighted by molar-refractivity contribution is 0.0735. The lowest BCUT2D eigenvalue weighted by Gasteiger charge is -2.28. The monoisotopic (exact) mass is 390 g/mol. The zero-order chi connectivity index (χ0) is 18.5. The van der Waals surface area contributed by atoms with Crippen LogP contribution in [0.4, 0.5) is 0 Å². The van der Waals surface area contributed by atoms with Crippen LogP contribution in [0.25, 0.3) is 0 Å². The van der Waals surface area contributed by atoms with E-state index >= 15 is 0 Å². The summed E-state index contributed by atoms with van der Waals surface area (Å²) in [4.78, 5) is 12.3. The fourth-order valence-electron chi connectivity index (χ4n) is 3.79. The highest BCUT2D eigenvalue weighted by atomic mass is 35.5. The van der Waals surface area contributed by atoms with Crippen molar-refractivity contribution >= 4 is 29.2 Å². The number of carbonyl (C=O) groups is 1. The first-order valence-electron chi connectivity index (χ1n) is 9.34. The SMILES string of the molecule is CCC[C@H]1CC[C@H](c2ccc(C(=O)Oc3ccc(Cl)c(Cl)c3)cc2)CC1. The molecule has 4 heteroatoms. The largest absolute Gasteiger partial charge is 0.423 e. The highest BCUT2D eigenvalue weighted by Crippen LogP contribution is 2.37. The zero-order valence-corrected chi connectivity index (χ0v) is 16.5. The third-order valence-electron chi connectivity index (χ3n) is 5.26. The van der Waals surface area contributed by atoms with Crippen molar-refractivity contribution in [3.63, 3.8) is 0 Å². The van der Waals surface area contributed by atoms with Crippen molar-refractivity contribution in [1.29, 1.82) is 0 Å². The first-order valence-corrected chi connectivity index (χ1v) is 10.1. The Morgan fingerprint density at radius 2 is 1.69 bits per heavy atom. The molecule has 0 amide bonds. The Kier molecular flexibility index (Phi) is 6.61. The van der Waals surface area contributed by atoms with E-state index in [1.165, 1.54) is 44.1 Å². The minimum absolute atomic E-state index is 0.367. The van der Waals surface area contributed by atoms with E-state index in [1.807, 2.05) is 12.1 Å². The predicted molar refractivity (Wildman–Crippen MR) is 107 cm³/mol. The van der Waals surface area contributed by atoms with Crippen LogP contribution in [0.1, 0.15) is 67.3 Å². The molecule has 2 nitrogen and oxygen atoms in total. The Morgan fingerprint density at radius 3 is 2.31 bits per heavy atom. The predicted octanol–water partition coefficient (Wildman–Crippen LogP) is 7.29. The van der Waals surface area contributed by atoms with Gasteiger partial charge in [-0.05, 0) is 67.3 Å². The van der Waals surface area contributed by atoms with Gasteiger partial charge in [0.25, 0.3) is 0 Å². The van der Waals surface area contributed by atoms with Gasteiger partial charge < -0.3 is 4.74 Å². The lowest BCUT2D eigenvalue weighted by Crippen LogP contribution is -2.13. The molecule has 1 aliphatic rings. The molecule has 0 aliphatic heterocycles. The van der Waals surface area contributed by atoms with E-state index in [-0.39, 0.29) is 5.97 Å². The summed E-state index contributed by atoms with van der Waals surface area (Å²) in [6, 6.07) is 12.6. The molecule has 0 unspecified atom stereocenters. The smallest absolute Gasteiger partial charge is 0.343 e. The Bertz CT molecular complexity index is 747. The van der Waals surface area contributed by atoms with Crippen LogP contribution >= 0.6 is 23.2 Å². The number of esters is 1. The number of rotatable bonds is 5. The van der Waals surface area contributed by atoms with Crippen LogP contribution in [-0.2, 0) is 0 Å². The summed E-state index contributed by atoms with van der Waals surface area (Å²) in [6.45, 7) is 2.27. The molecular formula is C22H24Cl2O2. The van der Waals surface area contributed by atoms with Crippen molar-refractivity contribution in [3.05, 3.63) is 63.6 Å². The fourth-order valence-corrected chi connectivity index (χ4v) is 4.08. The van der Waals surface area contributed by atoms with Gasteiger partial charge in [0.15, 0.2) is 0 Å². The van der Waals surface area contributed by atoms with Gasteiger partial charge in [-0.1, -0.05) is 55.1 Å². The van der Waals surface area contributed by atoms with E-state index in [9.17, 15) is 4.79 Å². The quantitative estimate of drug-likeness (QED) is 0.395. The van der Waals surface area contributed by atoms with Crippen LogP contribution in [0, 0.1) is 5.92 Å². The molecule has 1 saturated carbocycles. The molecule has 0 saturated heterocycles. The van der Waals surface area contributed by atoms with E-state index in [1.54, 1.807) is 18.2 Å². The van der Waals surface area contributed by atoms with Gasteiger partial charge in [-0.25, -0.2) is 4.79 Å². The van der Waals surface area contributed by atoms with Gasteiger partial charge in [0.05, 0.1) is 15.6 Å². The molecule has 0 radical (unpaired) electrons. The van der Waals surface area contributed by atoms with Crippen molar-refractivity contribution in [2.24, 2.45) is 5.92 Å². The molecule has 0 atom stereocenters. The van der Waals surface area contributed by atoms with Gasteiger partial charge in [0.2, 0.25) is 0 Å². The zero-order valence-electron chi connectivity index (χ0n) is 15.0. The average molecular weight is 391 g/mol. The van der Waals surface area contributed by atoms with Gasteiger partial charge in [0, 0.05) is 6.07 Å². The summed E-state index contributed by atoms with van der Waals surface area (Å²) >= 11 is 11.8. The molecule has 26 heavy (non-hydrogen) atoms. The number of benzene rings is 2. The van der Waals surface area contributed by atoms with Gasteiger partial charge in [0.1, 0.15) is 5.75 Å². The minimum Gasteiger partial charge on any atom is -0.423 e. The number of ether oxygens (including phenoxy) is 1. The molecule has 2 aromatic carbocycles. The Balaban J connectivity index is 1.60. The summed E-state index contributed by atoms with van der Waals surface area (Å²) < 4.78 is 5.38. The maximum atomic E-state index is 12.3. The van der Waals surface area contributed by atoms with Crippen molar-refractivity contribution in [2.45, 2.75) is 51.4 Å². The van der Waals surface area contributed by atoms with E-state index < -0.39 is 0 Å². The number of hydrogen-bond donors (Lipinski definition) is 0. The Labute approximate surface area is 165 Å². The number of carbonyl (C=O) groups excluding carboxylic acids is 1. The van der Waals surface area contributed by atoms with Crippen LogP contribution in [0.3, 0.4) is 0 Å². The average Bonchev–Trinajstić information content (AvgIpc) is 2.66. The van der Waals surface area contributed by atoms with Crippen molar-refractivity contribution < 1.29 is 9.53 Å². The third kappa shape index (κ3) is 4.81. The Morgan fingerprint density at radius 1 is 1.00 bits per heavy atom. The molecule has 2 aromatic rings. The second-order valence-electron chi connectivity index (χ2n) is 7.09. The first-order chi connectivity index (χ1) is 12.6. The highest BCUT2D eigenvalue weighted by molar-refractivity contribution is 6.42. The molecule has 138 valence electrons. The number of hydrogen-bond acceptors (Lipinski definition) is 2. The molecule has 0 bridgehead atoms. The summed E-state index contributed by atoms with van der Waals surface area (Å²) in [5.41, 5.74) is 1.87. The fraction of sp³-hybridized carbons (Fsp3) is 0.409. The highest BCUT2D eigenvalue weighted by Gasteiger charge is 2.22. The third-order valence-corrected chi connectivity index (χ3v) is 6.00. The maximum Gasteiger partial charge on any atom is 0.343 e. The van der Waals surface area contributed by atoms with Gasteiger partial charge in [-0.3, -0.25) is 0 Å². The normalized spacial score (nSPS) is 20.0. The molecule has 0 aromatic heterocycles. The van der Waals surface area contributed by atoms with E-state index in [2.05, 4.69) is 19.1 Å². The lowest BCUT2D eigenvalue weighted by atomic mass is 9.77. The summed E-state index contributed by atoms with van der Waals surface area (Å²) in [6.07, 6.45) is 7.77. The summed E-state index contributed by atoms with van der Waals surface area (Å²) in [7, 11) is 0. The maximum absolute atomic E-state index is 12.3. The van der Waals surface area contributed by atoms with Crippen molar-refractivity contribution in [3.8, 4) is 5.75 Å².